The molecule has 6 heteroatoms. The molecule has 0 atom stereocenters. The second-order valence-electron chi connectivity index (χ2n) is 5.71. The molecule has 0 aliphatic carbocycles. The number of nitrogens with one attached hydrogen (secondary N) is 1. The molecule has 1 aliphatic heterocycles. The number of hydrogen-bond acceptors (Lipinski definition) is 3. The van der Waals surface area contributed by atoms with Crippen LogP contribution in [0.15, 0.2) is 53.4 Å². The van der Waals surface area contributed by atoms with Gasteiger partial charge < -0.3 is 5.32 Å². The van der Waals surface area contributed by atoms with Crippen LogP contribution in [0.5, 0.6) is 0 Å². The third-order valence-corrected chi connectivity index (χ3v) is 6.73. The Morgan fingerprint density at radius 1 is 1.08 bits per heavy atom. The van der Waals surface area contributed by atoms with Crippen molar-refractivity contribution in [2.24, 2.45) is 0 Å². The molecule has 0 spiro atoms. The quantitative estimate of drug-likeness (QED) is 0.556. The van der Waals surface area contributed by atoms with Gasteiger partial charge in [0.15, 0.2) is 0 Å². The van der Waals surface area contributed by atoms with Gasteiger partial charge in [0.1, 0.15) is 0 Å². The Morgan fingerprint density at radius 3 is 2.76 bits per heavy atom. The first-order valence-corrected chi connectivity index (χ1v) is 10.2. The van der Waals surface area contributed by atoms with Gasteiger partial charge in [0, 0.05) is 37.7 Å². The van der Waals surface area contributed by atoms with E-state index in [1.165, 1.54) is 26.7 Å². The van der Waals surface area contributed by atoms with Gasteiger partial charge in [0.25, 0.3) is 5.91 Å². The van der Waals surface area contributed by atoms with Crippen LogP contribution in [-0.2, 0) is 12.3 Å². The van der Waals surface area contributed by atoms with Gasteiger partial charge in [-0.1, -0.05) is 41.4 Å². The Morgan fingerprint density at radius 2 is 1.92 bits per heavy atom. The Bertz CT molecular complexity index is 968. The van der Waals surface area contributed by atoms with Crippen LogP contribution in [0.2, 0.25) is 10.0 Å². The maximum absolute atomic E-state index is 12.5. The SMILES string of the molecule is O=C(NCc1cccc(Cl)c1)c1cc2c(s1)-c1ccc(Cl)cc1SC2. The van der Waals surface area contributed by atoms with Crippen LogP contribution in [0.1, 0.15) is 20.8 Å². The molecule has 126 valence electrons. The molecule has 0 saturated heterocycles. The minimum absolute atomic E-state index is 0.0557. The largest absolute Gasteiger partial charge is 0.347 e. The predicted octanol–water partition coefficient (Wildman–Crippen LogP) is 6.26. The highest BCUT2D eigenvalue weighted by Gasteiger charge is 2.22. The van der Waals surface area contributed by atoms with Crippen LogP contribution in [0.25, 0.3) is 10.4 Å². The van der Waals surface area contributed by atoms with Gasteiger partial charge in [0.2, 0.25) is 0 Å². The molecule has 0 unspecified atom stereocenters. The van der Waals surface area contributed by atoms with Gasteiger partial charge in [-0.05, 0) is 41.5 Å². The number of fused-ring (bicyclic) bond motifs is 3. The van der Waals surface area contributed by atoms with Crippen molar-refractivity contribution >= 4 is 52.2 Å². The monoisotopic (exact) mass is 405 g/mol. The van der Waals surface area contributed by atoms with Crippen molar-refractivity contribution in [3.8, 4) is 10.4 Å². The number of thiophene rings is 1. The van der Waals surface area contributed by atoms with Crippen LogP contribution in [-0.4, -0.2) is 5.91 Å². The number of carbonyl (C=O) groups is 1. The zero-order valence-corrected chi connectivity index (χ0v) is 16.2. The van der Waals surface area contributed by atoms with E-state index < -0.39 is 0 Å². The Labute approximate surface area is 164 Å². The third-order valence-electron chi connectivity index (χ3n) is 3.95. The second kappa shape index (κ2) is 7.04. The highest BCUT2D eigenvalue weighted by molar-refractivity contribution is 7.98. The summed E-state index contributed by atoms with van der Waals surface area (Å²) in [5.41, 5.74) is 3.35. The van der Waals surface area contributed by atoms with Crippen molar-refractivity contribution < 1.29 is 4.79 Å². The standard InChI is InChI=1S/C19H13Cl2NOS2/c20-13-3-1-2-11(6-13)9-22-19(23)17-7-12-10-24-16-8-14(21)4-5-15(16)18(12)25-17/h1-8H,9-10H2,(H,22,23). The zero-order valence-electron chi connectivity index (χ0n) is 13.0. The van der Waals surface area contributed by atoms with Gasteiger partial charge in [-0.15, -0.1) is 23.1 Å². The summed E-state index contributed by atoms with van der Waals surface area (Å²) in [6, 6.07) is 15.4. The number of rotatable bonds is 3. The van der Waals surface area contributed by atoms with Crippen LogP contribution in [0, 0.1) is 0 Å². The van der Waals surface area contributed by atoms with Crippen LogP contribution in [0.4, 0.5) is 0 Å². The number of amides is 1. The fourth-order valence-corrected chi connectivity index (χ4v) is 5.57. The lowest BCUT2D eigenvalue weighted by Crippen LogP contribution is -2.21. The number of thioether (sulfide) groups is 1. The molecule has 2 heterocycles. The van der Waals surface area contributed by atoms with E-state index in [2.05, 4.69) is 5.32 Å². The third kappa shape index (κ3) is 3.58. The minimum Gasteiger partial charge on any atom is -0.347 e. The summed E-state index contributed by atoms with van der Waals surface area (Å²) in [4.78, 5) is 15.6. The van der Waals surface area contributed by atoms with E-state index in [9.17, 15) is 4.79 Å². The molecule has 25 heavy (non-hydrogen) atoms. The van der Waals surface area contributed by atoms with Crippen LogP contribution >= 0.6 is 46.3 Å². The number of carbonyl (C=O) groups excluding carboxylic acids is 1. The maximum atomic E-state index is 12.5. The lowest BCUT2D eigenvalue weighted by Gasteiger charge is -2.15. The summed E-state index contributed by atoms with van der Waals surface area (Å²) < 4.78 is 0. The Hall–Kier alpha value is -1.46. The highest BCUT2D eigenvalue weighted by atomic mass is 35.5. The molecule has 0 radical (unpaired) electrons. The molecule has 0 bridgehead atoms. The van der Waals surface area contributed by atoms with Gasteiger partial charge in [-0.2, -0.15) is 0 Å². The molecule has 2 nitrogen and oxygen atoms in total. The van der Waals surface area contributed by atoms with Crippen molar-refractivity contribution in [3.05, 3.63) is 74.6 Å². The van der Waals surface area contributed by atoms with Gasteiger partial charge >= 0.3 is 0 Å². The van der Waals surface area contributed by atoms with Crippen molar-refractivity contribution in [1.82, 2.24) is 5.32 Å². The first kappa shape index (κ1) is 17.0. The van der Waals surface area contributed by atoms with E-state index in [1.54, 1.807) is 11.8 Å². The first-order chi connectivity index (χ1) is 12.1. The van der Waals surface area contributed by atoms with Gasteiger partial charge in [-0.3, -0.25) is 4.79 Å². The van der Waals surface area contributed by atoms with Crippen LogP contribution < -0.4 is 5.32 Å². The predicted molar refractivity (Wildman–Crippen MR) is 107 cm³/mol. The summed E-state index contributed by atoms with van der Waals surface area (Å²) >= 11 is 15.4. The van der Waals surface area contributed by atoms with E-state index >= 15 is 0 Å². The van der Waals surface area contributed by atoms with Crippen LogP contribution in [0.3, 0.4) is 0 Å². The molecule has 1 amide bonds. The number of halogens is 2. The van der Waals surface area contributed by atoms with Crippen molar-refractivity contribution in [2.75, 3.05) is 0 Å². The minimum atomic E-state index is -0.0557. The van der Waals surface area contributed by atoms with E-state index in [-0.39, 0.29) is 5.91 Å². The second-order valence-corrected chi connectivity index (χ2v) is 8.65. The fraction of sp³-hybridized carbons (Fsp3) is 0.105. The molecular formula is C19H13Cl2NOS2. The lowest BCUT2D eigenvalue weighted by molar-refractivity contribution is 0.0955. The average molecular weight is 406 g/mol. The Balaban J connectivity index is 1.55. The van der Waals surface area contributed by atoms with E-state index in [1.807, 2.05) is 48.5 Å². The lowest BCUT2D eigenvalue weighted by atomic mass is 10.1. The van der Waals surface area contributed by atoms with E-state index in [0.29, 0.717) is 11.6 Å². The van der Waals surface area contributed by atoms with Crippen molar-refractivity contribution in [2.45, 2.75) is 17.2 Å². The average Bonchev–Trinajstić information content (AvgIpc) is 3.04. The number of hydrogen-bond donors (Lipinski definition) is 1. The Kier molecular flexibility index (Phi) is 4.78. The zero-order chi connectivity index (χ0) is 17.4. The maximum Gasteiger partial charge on any atom is 0.261 e. The molecular weight excluding hydrogens is 393 g/mol. The van der Waals surface area contributed by atoms with E-state index in [4.69, 9.17) is 23.2 Å². The first-order valence-electron chi connectivity index (χ1n) is 7.68. The molecule has 0 fully saturated rings. The highest BCUT2D eigenvalue weighted by Crippen LogP contribution is 2.46. The smallest absolute Gasteiger partial charge is 0.261 e. The normalized spacial score (nSPS) is 12.4. The fourth-order valence-electron chi connectivity index (χ4n) is 2.75. The van der Waals surface area contributed by atoms with Crippen molar-refractivity contribution in [3.63, 3.8) is 0 Å². The van der Waals surface area contributed by atoms with Crippen molar-refractivity contribution in [1.29, 1.82) is 0 Å². The molecule has 1 N–H and O–H groups in total. The summed E-state index contributed by atoms with van der Waals surface area (Å²) in [7, 11) is 0. The molecule has 0 saturated carbocycles. The van der Waals surface area contributed by atoms with Gasteiger partial charge in [0.05, 0.1) is 4.88 Å². The molecule has 1 aliphatic rings. The molecule has 2 aromatic carbocycles. The van der Waals surface area contributed by atoms with Gasteiger partial charge in [-0.25, -0.2) is 0 Å². The summed E-state index contributed by atoms with van der Waals surface area (Å²) in [6.07, 6.45) is 0. The summed E-state index contributed by atoms with van der Waals surface area (Å²) in [6.45, 7) is 0.461. The topological polar surface area (TPSA) is 29.1 Å². The summed E-state index contributed by atoms with van der Waals surface area (Å²) in [5.74, 6) is 0.806. The summed E-state index contributed by atoms with van der Waals surface area (Å²) in [5, 5.41) is 4.38. The molecule has 3 aromatic rings. The number of benzene rings is 2. The molecule has 1 aromatic heterocycles. The van der Waals surface area contributed by atoms with E-state index in [0.717, 1.165) is 26.8 Å². The molecule has 4 rings (SSSR count).